The van der Waals surface area contributed by atoms with Crippen molar-refractivity contribution in [3.63, 3.8) is 0 Å². The molecule has 1 amide bonds. The lowest BCUT2D eigenvalue weighted by molar-refractivity contribution is -0.114. The van der Waals surface area contributed by atoms with Crippen LogP contribution >= 0.6 is 0 Å². The van der Waals surface area contributed by atoms with Crippen LogP contribution in [0, 0.1) is 0 Å². The summed E-state index contributed by atoms with van der Waals surface area (Å²) in [6.07, 6.45) is 3.51. The zero-order valence-corrected chi connectivity index (χ0v) is 11.2. The summed E-state index contributed by atoms with van der Waals surface area (Å²) in [6.45, 7) is 1.42. The quantitative estimate of drug-likeness (QED) is 0.914. The van der Waals surface area contributed by atoms with E-state index in [0.29, 0.717) is 10.6 Å². The lowest BCUT2D eigenvalue weighted by Crippen LogP contribution is -2.17. The number of carbonyl (C=O) groups is 1. The SMILES string of the molecule is CC(=O)Nc1ccc(S(=O)(=O)C2CCCC2)cc1. The zero-order valence-electron chi connectivity index (χ0n) is 10.3. The van der Waals surface area contributed by atoms with E-state index in [0.717, 1.165) is 25.7 Å². The van der Waals surface area contributed by atoms with Crippen LogP contribution in [0.15, 0.2) is 29.2 Å². The Morgan fingerprint density at radius 1 is 1.17 bits per heavy atom. The highest BCUT2D eigenvalue weighted by atomic mass is 32.2. The lowest BCUT2D eigenvalue weighted by Gasteiger charge is -2.11. The van der Waals surface area contributed by atoms with Gasteiger partial charge < -0.3 is 5.32 Å². The molecule has 0 atom stereocenters. The van der Waals surface area contributed by atoms with E-state index >= 15 is 0 Å². The first-order valence-electron chi connectivity index (χ1n) is 6.12. The van der Waals surface area contributed by atoms with E-state index in [2.05, 4.69) is 5.32 Å². The third-order valence-electron chi connectivity index (χ3n) is 3.24. The molecule has 18 heavy (non-hydrogen) atoms. The minimum atomic E-state index is -3.20. The van der Waals surface area contributed by atoms with E-state index in [1.54, 1.807) is 24.3 Å². The molecule has 0 unspecified atom stereocenters. The minimum absolute atomic E-state index is 0.165. The molecule has 1 aliphatic rings. The minimum Gasteiger partial charge on any atom is -0.326 e. The van der Waals surface area contributed by atoms with Crippen LogP contribution in [0.25, 0.3) is 0 Å². The molecular weight excluding hydrogens is 250 g/mol. The highest BCUT2D eigenvalue weighted by molar-refractivity contribution is 7.92. The lowest BCUT2D eigenvalue weighted by atomic mass is 10.3. The summed E-state index contributed by atoms with van der Waals surface area (Å²) in [5.41, 5.74) is 0.618. The number of rotatable bonds is 3. The van der Waals surface area contributed by atoms with Crippen LogP contribution < -0.4 is 5.32 Å². The Labute approximate surface area is 107 Å². The summed E-state index contributed by atoms with van der Waals surface area (Å²) in [5.74, 6) is -0.165. The predicted octanol–water partition coefficient (Wildman–Crippen LogP) is 2.36. The molecule has 0 saturated heterocycles. The molecule has 1 aromatic carbocycles. The number of benzene rings is 1. The number of hydrogen-bond acceptors (Lipinski definition) is 3. The van der Waals surface area contributed by atoms with E-state index in [1.165, 1.54) is 6.92 Å². The fraction of sp³-hybridized carbons (Fsp3) is 0.462. The Morgan fingerprint density at radius 2 is 1.72 bits per heavy atom. The maximum absolute atomic E-state index is 12.3. The normalized spacial score (nSPS) is 16.7. The molecule has 0 radical (unpaired) electrons. The molecule has 0 heterocycles. The fourth-order valence-corrected chi connectivity index (χ4v) is 4.18. The molecule has 98 valence electrons. The van der Waals surface area contributed by atoms with Crippen molar-refractivity contribution in [2.45, 2.75) is 42.8 Å². The van der Waals surface area contributed by atoms with Gasteiger partial charge in [0.05, 0.1) is 10.1 Å². The molecule has 1 aromatic rings. The van der Waals surface area contributed by atoms with Gasteiger partial charge in [0.15, 0.2) is 9.84 Å². The maximum Gasteiger partial charge on any atom is 0.221 e. The molecule has 5 heteroatoms. The average molecular weight is 267 g/mol. The van der Waals surface area contributed by atoms with Crippen molar-refractivity contribution in [1.82, 2.24) is 0 Å². The standard InChI is InChI=1S/C13H17NO3S/c1-10(15)14-11-6-8-13(9-7-11)18(16,17)12-4-2-3-5-12/h6-9,12H,2-5H2,1H3,(H,14,15). The number of hydrogen-bond donors (Lipinski definition) is 1. The summed E-state index contributed by atoms with van der Waals surface area (Å²) in [4.78, 5) is 11.2. The van der Waals surface area contributed by atoms with Crippen molar-refractivity contribution in [1.29, 1.82) is 0 Å². The average Bonchev–Trinajstić information content (AvgIpc) is 2.83. The predicted molar refractivity (Wildman–Crippen MR) is 70.2 cm³/mol. The van der Waals surface area contributed by atoms with Crippen LogP contribution in [-0.2, 0) is 14.6 Å². The Hall–Kier alpha value is -1.36. The second-order valence-electron chi connectivity index (χ2n) is 4.66. The van der Waals surface area contributed by atoms with Gasteiger partial charge in [-0.3, -0.25) is 4.79 Å². The van der Waals surface area contributed by atoms with Crippen LogP contribution in [-0.4, -0.2) is 19.6 Å². The van der Waals surface area contributed by atoms with Crippen LogP contribution in [0.1, 0.15) is 32.6 Å². The third kappa shape index (κ3) is 2.72. The molecular formula is C13H17NO3S. The summed E-state index contributed by atoms with van der Waals surface area (Å²) in [6, 6.07) is 6.39. The molecule has 0 bridgehead atoms. The molecule has 2 rings (SSSR count). The van der Waals surface area contributed by atoms with E-state index < -0.39 is 9.84 Å². The smallest absolute Gasteiger partial charge is 0.221 e. The second-order valence-corrected chi connectivity index (χ2v) is 6.89. The molecule has 1 saturated carbocycles. The van der Waals surface area contributed by atoms with Crippen molar-refractivity contribution < 1.29 is 13.2 Å². The first-order chi connectivity index (χ1) is 8.50. The zero-order chi connectivity index (χ0) is 13.2. The molecule has 0 aromatic heterocycles. The van der Waals surface area contributed by atoms with Crippen LogP contribution in [0.2, 0.25) is 0 Å². The van der Waals surface area contributed by atoms with Gasteiger partial charge in [0, 0.05) is 12.6 Å². The maximum atomic E-state index is 12.3. The summed E-state index contributed by atoms with van der Waals surface area (Å²) in [7, 11) is -3.20. The molecule has 0 spiro atoms. The van der Waals surface area contributed by atoms with Gasteiger partial charge in [0.25, 0.3) is 0 Å². The van der Waals surface area contributed by atoms with Gasteiger partial charge in [-0.2, -0.15) is 0 Å². The molecule has 4 nitrogen and oxygen atoms in total. The van der Waals surface area contributed by atoms with Crippen molar-refractivity contribution in [3.8, 4) is 0 Å². The van der Waals surface area contributed by atoms with Crippen LogP contribution in [0.3, 0.4) is 0 Å². The topological polar surface area (TPSA) is 63.2 Å². The van der Waals surface area contributed by atoms with E-state index in [4.69, 9.17) is 0 Å². The molecule has 1 fully saturated rings. The van der Waals surface area contributed by atoms with Crippen molar-refractivity contribution in [2.75, 3.05) is 5.32 Å². The first-order valence-corrected chi connectivity index (χ1v) is 7.66. The molecule has 1 aliphatic carbocycles. The number of carbonyl (C=O) groups excluding carboxylic acids is 1. The van der Waals surface area contributed by atoms with Gasteiger partial charge in [-0.25, -0.2) is 8.42 Å². The summed E-state index contributed by atoms with van der Waals surface area (Å²) < 4.78 is 24.6. The van der Waals surface area contributed by atoms with Crippen LogP contribution in [0.5, 0.6) is 0 Å². The number of sulfone groups is 1. The highest BCUT2D eigenvalue weighted by Gasteiger charge is 2.29. The number of anilines is 1. The third-order valence-corrected chi connectivity index (χ3v) is 5.52. The Kier molecular flexibility index (Phi) is 3.71. The van der Waals surface area contributed by atoms with Gasteiger partial charge in [0.2, 0.25) is 5.91 Å². The van der Waals surface area contributed by atoms with E-state index in [1.807, 2.05) is 0 Å². The van der Waals surface area contributed by atoms with E-state index in [9.17, 15) is 13.2 Å². The Balaban J connectivity index is 2.20. The Morgan fingerprint density at radius 3 is 2.22 bits per heavy atom. The largest absolute Gasteiger partial charge is 0.326 e. The van der Waals surface area contributed by atoms with Gasteiger partial charge in [0.1, 0.15) is 0 Å². The number of amides is 1. The number of nitrogens with one attached hydrogen (secondary N) is 1. The van der Waals surface area contributed by atoms with Crippen molar-refractivity contribution in [3.05, 3.63) is 24.3 Å². The van der Waals surface area contributed by atoms with Crippen molar-refractivity contribution >= 4 is 21.4 Å². The second kappa shape index (κ2) is 5.10. The van der Waals surface area contributed by atoms with Gasteiger partial charge in [-0.1, -0.05) is 12.8 Å². The van der Waals surface area contributed by atoms with Gasteiger partial charge in [-0.15, -0.1) is 0 Å². The Bertz CT molecular complexity index is 528. The van der Waals surface area contributed by atoms with E-state index in [-0.39, 0.29) is 11.2 Å². The summed E-state index contributed by atoms with van der Waals surface area (Å²) in [5, 5.41) is 2.39. The highest BCUT2D eigenvalue weighted by Crippen LogP contribution is 2.29. The van der Waals surface area contributed by atoms with Crippen LogP contribution in [0.4, 0.5) is 5.69 Å². The monoisotopic (exact) mass is 267 g/mol. The van der Waals surface area contributed by atoms with Gasteiger partial charge in [-0.05, 0) is 37.1 Å². The van der Waals surface area contributed by atoms with Gasteiger partial charge >= 0.3 is 0 Å². The van der Waals surface area contributed by atoms with Crippen molar-refractivity contribution in [2.24, 2.45) is 0 Å². The first kappa shape index (κ1) is 13.1. The molecule has 0 aliphatic heterocycles. The molecule has 1 N–H and O–H groups in total. The fourth-order valence-electron chi connectivity index (χ4n) is 2.32. The summed E-state index contributed by atoms with van der Waals surface area (Å²) >= 11 is 0.